The lowest BCUT2D eigenvalue weighted by Gasteiger charge is -1.99. The van der Waals surface area contributed by atoms with Crippen molar-refractivity contribution in [2.45, 2.75) is 20.4 Å². The number of halogens is 1. The number of pyridine rings is 1. The van der Waals surface area contributed by atoms with Crippen molar-refractivity contribution in [2.24, 2.45) is 0 Å². The molecule has 0 atom stereocenters. The van der Waals surface area contributed by atoms with Crippen LogP contribution in [0.15, 0.2) is 18.3 Å². The van der Waals surface area contributed by atoms with E-state index in [-0.39, 0.29) is 6.54 Å². The number of aryl methyl sites for hydroxylation is 1. The van der Waals surface area contributed by atoms with E-state index in [0.29, 0.717) is 16.4 Å². The smallest absolute Gasteiger partial charge is 0.325 e. The summed E-state index contributed by atoms with van der Waals surface area (Å²) >= 11 is 6.19. The number of hydrogen-bond donors (Lipinski definition) is 1. The predicted octanol–water partition coefficient (Wildman–Crippen LogP) is 2.30. The van der Waals surface area contributed by atoms with Gasteiger partial charge in [0.05, 0.1) is 10.7 Å². The Kier molecular flexibility index (Phi) is 3.34. The maximum Gasteiger partial charge on any atom is 0.325 e. The Bertz CT molecular complexity index is 607. The van der Waals surface area contributed by atoms with Crippen molar-refractivity contribution in [1.82, 2.24) is 14.8 Å². The molecule has 18 heavy (non-hydrogen) atoms. The molecule has 0 fully saturated rings. The fourth-order valence-corrected chi connectivity index (χ4v) is 1.93. The molecular weight excluding hydrogens is 254 g/mol. The zero-order valence-corrected chi connectivity index (χ0v) is 10.8. The molecule has 94 valence electrons. The first kappa shape index (κ1) is 12.6. The van der Waals surface area contributed by atoms with Gasteiger partial charge < -0.3 is 5.11 Å². The van der Waals surface area contributed by atoms with Crippen molar-refractivity contribution in [3.05, 3.63) is 34.7 Å². The largest absolute Gasteiger partial charge is 0.480 e. The van der Waals surface area contributed by atoms with Gasteiger partial charge in [-0.2, -0.15) is 5.10 Å². The summed E-state index contributed by atoms with van der Waals surface area (Å²) in [7, 11) is 0. The molecule has 2 aromatic rings. The van der Waals surface area contributed by atoms with Gasteiger partial charge in [0.25, 0.3) is 0 Å². The number of hydrogen-bond acceptors (Lipinski definition) is 3. The Balaban J connectivity index is 2.49. The maximum atomic E-state index is 10.7. The second-order valence-electron chi connectivity index (χ2n) is 3.99. The number of carboxylic acid groups (broad SMARTS) is 1. The monoisotopic (exact) mass is 265 g/mol. The maximum absolute atomic E-state index is 10.7. The molecule has 0 saturated heterocycles. The van der Waals surface area contributed by atoms with Crippen LogP contribution in [0.25, 0.3) is 11.3 Å². The summed E-state index contributed by atoms with van der Waals surface area (Å²) in [5, 5.41) is 13.5. The van der Waals surface area contributed by atoms with Gasteiger partial charge in [0, 0.05) is 17.5 Å². The van der Waals surface area contributed by atoms with Crippen LogP contribution in [0.4, 0.5) is 0 Å². The van der Waals surface area contributed by atoms with E-state index < -0.39 is 5.97 Å². The van der Waals surface area contributed by atoms with Crippen molar-refractivity contribution in [2.75, 3.05) is 0 Å². The average Bonchev–Trinajstić information content (AvgIpc) is 2.57. The summed E-state index contributed by atoms with van der Waals surface area (Å²) in [6, 6.07) is 3.66. The molecule has 6 heteroatoms. The number of rotatable bonds is 3. The van der Waals surface area contributed by atoms with Crippen LogP contribution in [0, 0.1) is 13.8 Å². The molecule has 0 bridgehead atoms. The van der Waals surface area contributed by atoms with Crippen LogP contribution in [0.2, 0.25) is 5.02 Å². The van der Waals surface area contributed by atoms with E-state index in [1.165, 1.54) is 4.68 Å². The fourth-order valence-electron chi connectivity index (χ4n) is 1.68. The zero-order valence-electron chi connectivity index (χ0n) is 10.0. The van der Waals surface area contributed by atoms with Gasteiger partial charge in [-0.15, -0.1) is 0 Å². The molecule has 2 aromatic heterocycles. The first-order valence-electron chi connectivity index (χ1n) is 5.36. The average molecular weight is 266 g/mol. The quantitative estimate of drug-likeness (QED) is 0.925. The van der Waals surface area contributed by atoms with Crippen molar-refractivity contribution < 1.29 is 9.90 Å². The van der Waals surface area contributed by atoms with Gasteiger partial charge in [0.1, 0.15) is 12.2 Å². The predicted molar refractivity (Wildman–Crippen MR) is 67.6 cm³/mol. The van der Waals surface area contributed by atoms with Gasteiger partial charge in [0.15, 0.2) is 0 Å². The highest BCUT2D eigenvalue weighted by Crippen LogP contribution is 2.29. The minimum Gasteiger partial charge on any atom is -0.480 e. The third-order valence-corrected chi connectivity index (χ3v) is 3.04. The van der Waals surface area contributed by atoms with Gasteiger partial charge in [-0.25, -0.2) is 0 Å². The lowest BCUT2D eigenvalue weighted by atomic mass is 10.1. The number of aromatic nitrogens is 3. The lowest BCUT2D eigenvalue weighted by Crippen LogP contribution is -2.11. The van der Waals surface area contributed by atoms with Gasteiger partial charge in [-0.1, -0.05) is 11.6 Å². The van der Waals surface area contributed by atoms with E-state index in [1.54, 1.807) is 19.2 Å². The van der Waals surface area contributed by atoms with Crippen molar-refractivity contribution >= 4 is 17.6 Å². The Morgan fingerprint density at radius 3 is 2.83 bits per heavy atom. The van der Waals surface area contributed by atoms with Crippen molar-refractivity contribution in [3.63, 3.8) is 0 Å². The van der Waals surface area contributed by atoms with Crippen LogP contribution in [0.5, 0.6) is 0 Å². The Labute approximate surface area is 109 Å². The summed E-state index contributed by atoms with van der Waals surface area (Å²) in [5.74, 6) is -0.949. The molecule has 0 radical (unpaired) electrons. The molecule has 0 aliphatic rings. The molecular formula is C12H12ClN3O2. The summed E-state index contributed by atoms with van der Waals surface area (Å²) in [6.07, 6.45) is 1.67. The first-order chi connectivity index (χ1) is 8.49. The molecule has 1 N–H and O–H groups in total. The highest BCUT2D eigenvalue weighted by molar-refractivity contribution is 6.33. The molecule has 0 amide bonds. The van der Waals surface area contributed by atoms with Crippen LogP contribution in [0.3, 0.4) is 0 Å². The molecule has 2 rings (SSSR count). The second-order valence-corrected chi connectivity index (χ2v) is 4.36. The summed E-state index contributed by atoms with van der Waals surface area (Å²) in [5.41, 5.74) is 2.91. The second kappa shape index (κ2) is 4.78. The van der Waals surface area contributed by atoms with E-state index >= 15 is 0 Å². The lowest BCUT2D eigenvalue weighted by molar-refractivity contribution is -0.137. The Morgan fingerprint density at radius 2 is 2.22 bits per heavy atom. The van der Waals surface area contributed by atoms with E-state index in [1.807, 2.05) is 13.0 Å². The minimum atomic E-state index is -0.949. The number of nitrogens with zero attached hydrogens (tertiary/aromatic N) is 3. The summed E-state index contributed by atoms with van der Waals surface area (Å²) in [4.78, 5) is 14.8. The summed E-state index contributed by atoms with van der Waals surface area (Å²) < 4.78 is 1.38. The highest BCUT2D eigenvalue weighted by atomic mass is 35.5. The van der Waals surface area contributed by atoms with E-state index in [2.05, 4.69) is 10.1 Å². The first-order valence-corrected chi connectivity index (χ1v) is 5.74. The standard InChI is InChI=1S/C12H12ClN3O2/c1-7-5-9(3-4-14-7)12-11(13)8(2)16(15-12)6-10(17)18/h3-5H,6H2,1-2H3,(H,17,18). The van der Waals surface area contributed by atoms with E-state index in [4.69, 9.17) is 16.7 Å². The minimum absolute atomic E-state index is 0.199. The van der Waals surface area contributed by atoms with Gasteiger partial charge in [-0.05, 0) is 26.0 Å². The molecule has 5 nitrogen and oxygen atoms in total. The number of carbonyl (C=O) groups is 1. The number of carboxylic acids is 1. The topological polar surface area (TPSA) is 68.0 Å². The van der Waals surface area contributed by atoms with Crippen LogP contribution in [-0.4, -0.2) is 25.8 Å². The highest BCUT2D eigenvalue weighted by Gasteiger charge is 2.16. The molecule has 0 aliphatic carbocycles. The van der Waals surface area contributed by atoms with Gasteiger partial charge >= 0.3 is 5.97 Å². The van der Waals surface area contributed by atoms with Gasteiger partial charge in [-0.3, -0.25) is 14.5 Å². The van der Waals surface area contributed by atoms with Crippen LogP contribution in [-0.2, 0) is 11.3 Å². The molecule has 0 aliphatic heterocycles. The van der Waals surface area contributed by atoms with Gasteiger partial charge in [0.2, 0.25) is 0 Å². The van der Waals surface area contributed by atoms with Crippen LogP contribution >= 0.6 is 11.6 Å². The fraction of sp³-hybridized carbons (Fsp3) is 0.250. The normalized spacial score (nSPS) is 10.6. The number of aliphatic carboxylic acids is 1. The molecule has 0 unspecified atom stereocenters. The Hall–Kier alpha value is -1.88. The SMILES string of the molecule is Cc1cc(-c2nn(CC(=O)O)c(C)c2Cl)ccn1. The molecule has 0 spiro atoms. The molecule has 0 saturated carbocycles. The molecule has 0 aromatic carbocycles. The van der Waals surface area contributed by atoms with Crippen LogP contribution in [0.1, 0.15) is 11.4 Å². The van der Waals surface area contributed by atoms with Crippen LogP contribution < -0.4 is 0 Å². The summed E-state index contributed by atoms with van der Waals surface area (Å²) in [6.45, 7) is 3.42. The van der Waals surface area contributed by atoms with Crippen molar-refractivity contribution in [1.29, 1.82) is 0 Å². The van der Waals surface area contributed by atoms with E-state index in [0.717, 1.165) is 11.3 Å². The Morgan fingerprint density at radius 1 is 1.50 bits per heavy atom. The zero-order chi connectivity index (χ0) is 13.3. The molecule has 2 heterocycles. The van der Waals surface area contributed by atoms with E-state index in [9.17, 15) is 4.79 Å². The third-order valence-electron chi connectivity index (χ3n) is 2.59. The van der Waals surface area contributed by atoms with Crippen molar-refractivity contribution in [3.8, 4) is 11.3 Å². The third kappa shape index (κ3) is 2.36.